The van der Waals surface area contributed by atoms with Crippen molar-refractivity contribution < 1.29 is 22.8 Å². The van der Waals surface area contributed by atoms with E-state index >= 15 is 0 Å². The molecule has 34 heavy (non-hydrogen) atoms. The fraction of sp³-hybridized carbons (Fsp3) is 0.370. The summed E-state index contributed by atoms with van der Waals surface area (Å²) in [4.78, 5) is 27.3. The van der Waals surface area contributed by atoms with Crippen LogP contribution in [0, 0.1) is 29.6 Å². The zero-order chi connectivity index (χ0) is 24.7. The van der Waals surface area contributed by atoms with Crippen molar-refractivity contribution in [2.24, 2.45) is 5.92 Å². The summed E-state index contributed by atoms with van der Waals surface area (Å²) in [5, 5.41) is 9.11. The molecule has 0 radical (unpaired) electrons. The van der Waals surface area contributed by atoms with Gasteiger partial charge in [0.05, 0.1) is 17.2 Å². The molecule has 1 unspecified atom stereocenters. The first-order valence-electron chi connectivity index (χ1n) is 11.2. The Hall–Kier alpha value is -3.58. The summed E-state index contributed by atoms with van der Waals surface area (Å²) in [6.07, 6.45) is 7.04. The molecular weight excluding hydrogens is 441 g/mol. The maximum atomic E-state index is 13.5. The number of hydrogen-bond acceptors (Lipinski definition) is 3. The number of hydrogen-bond donors (Lipinski definition) is 0. The van der Waals surface area contributed by atoms with E-state index in [0.717, 1.165) is 42.7 Å². The number of benzene rings is 2. The van der Waals surface area contributed by atoms with Crippen LogP contribution in [0.15, 0.2) is 48.5 Å². The van der Waals surface area contributed by atoms with Crippen LogP contribution in [-0.4, -0.2) is 11.7 Å². The van der Waals surface area contributed by atoms with Gasteiger partial charge in [0.2, 0.25) is 0 Å². The van der Waals surface area contributed by atoms with Gasteiger partial charge in [-0.1, -0.05) is 50.3 Å². The van der Waals surface area contributed by atoms with E-state index in [4.69, 9.17) is 11.7 Å². The molecule has 0 aliphatic heterocycles. The third-order valence-corrected chi connectivity index (χ3v) is 6.24. The Bertz CT molecular complexity index is 1100. The molecule has 1 amide bonds. The molecule has 176 valence electrons. The van der Waals surface area contributed by atoms with Crippen molar-refractivity contribution in [1.82, 2.24) is 0 Å². The topological polar surface area (TPSA) is 61.2 Å². The lowest BCUT2D eigenvalue weighted by molar-refractivity contribution is -0.137. The first kappa shape index (κ1) is 25.1. The number of nitrogens with zero attached hydrogens (tertiary/aromatic N) is 2. The molecule has 1 aliphatic rings. The van der Waals surface area contributed by atoms with Crippen molar-refractivity contribution in [2.45, 2.75) is 57.2 Å². The van der Waals surface area contributed by atoms with Crippen LogP contribution in [0.1, 0.15) is 67.7 Å². The lowest BCUT2D eigenvalue weighted by atomic mass is 9.84. The van der Waals surface area contributed by atoms with E-state index in [9.17, 15) is 22.8 Å². The molecule has 0 bridgehead atoms. The van der Waals surface area contributed by atoms with E-state index in [-0.39, 0.29) is 17.9 Å². The van der Waals surface area contributed by atoms with Crippen LogP contribution in [0.5, 0.6) is 0 Å². The molecule has 1 fully saturated rings. The Kier molecular flexibility index (Phi) is 8.12. The lowest BCUT2D eigenvalue weighted by Crippen LogP contribution is -2.39. The largest absolute Gasteiger partial charge is 0.416 e. The molecule has 1 aliphatic carbocycles. The monoisotopic (exact) mass is 466 g/mol. The Balaban J connectivity index is 2.03. The van der Waals surface area contributed by atoms with Gasteiger partial charge in [-0.2, -0.15) is 18.4 Å². The highest BCUT2D eigenvalue weighted by molar-refractivity contribution is 6.10. The van der Waals surface area contributed by atoms with Crippen LogP contribution in [0.4, 0.5) is 18.9 Å². The number of rotatable bonds is 7. The fourth-order valence-electron chi connectivity index (χ4n) is 4.46. The molecule has 1 saturated carbocycles. The summed E-state index contributed by atoms with van der Waals surface area (Å²) < 4.78 is 40.1. The van der Waals surface area contributed by atoms with Crippen LogP contribution in [0.3, 0.4) is 0 Å². The Labute approximate surface area is 197 Å². The number of carbonyl (C=O) groups excluding carboxylic acids is 2. The van der Waals surface area contributed by atoms with Crippen molar-refractivity contribution in [3.05, 3.63) is 65.2 Å². The van der Waals surface area contributed by atoms with E-state index in [0.29, 0.717) is 23.5 Å². The number of halogens is 3. The zero-order valence-corrected chi connectivity index (χ0v) is 18.6. The Morgan fingerprint density at radius 2 is 1.76 bits per heavy atom. The van der Waals surface area contributed by atoms with Crippen molar-refractivity contribution in [3.63, 3.8) is 0 Å². The molecule has 0 saturated heterocycles. The molecule has 2 aromatic rings. The maximum absolute atomic E-state index is 13.5. The summed E-state index contributed by atoms with van der Waals surface area (Å²) in [6, 6.07) is 11.1. The average Bonchev–Trinajstić information content (AvgIpc) is 2.85. The van der Waals surface area contributed by atoms with Crippen molar-refractivity contribution >= 4 is 17.4 Å². The average molecular weight is 467 g/mol. The van der Waals surface area contributed by atoms with E-state index in [1.165, 1.54) is 42.8 Å². The van der Waals surface area contributed by atoms with Gasteiger partial charge in [-0.25, -0.2) is 0 Å². The summed E-state index contributed by atoms with van der Waals surface area (Å²) in [5.74, 6) is 1.14. The van der Waals surface area contributed by atoms with Crippen molar-refractivity contribution in [2.75, 3.05) is 4.90 Å². The second-order valence-corrected chi connectivity index (χ2v) is 8.51. The molecule has 0 spiro atoms. The van der Waals surface area contributed by atoms with Crippen molar-refractivity contribution in [3.8, 4) is 18.4 Å². The minimum Gasteiger partial charge on any atom is -0.297 e. The van der Waals surface area contributed by atoms with Gasteiger partial charge in [0.25, 0.3) is 0 Å². The van der Waals surface area contributed by atoms with Crippen molar-refractivity contribution in [1.29, 1.82) is 5.26 Å². The molecule has 1 atom stereocenters. The third kappa shape index (κ3) is 6.05. The standard InChI is InChI=1S/C27H25F3N2O2/c1-2-25(34)32(23-10-6-9-22(17-23)27(28,29)30)26(21-14-11-20(18-31)12-15-21)24(33)16-13-19-7-4-3-5-8-19/h1,6,9-12,14-15,17,19,26H,3-5,7-8,13,16H2. The van der Waals surface area contributed by atoms with E-state index in [2.05, 4.69) is 0 Å². The maximum Gasteiger partial charge on any atom is 0.416 e. The highest BCUT2D eigenvalue weighted by atomic mass is 19.4. The van der Waals surface area contributed by atoms with Gasteiger partial charge in [-0.15, -0.1) is 6.42 Å². The summed E-state index contributed by atoms with van der Waals surface area (Å²) in [5.41, 5.74) is -0.328. The number of anilines is 1. The van der Waals surface area contributed by atoms with E-state index in [1.807, 2.05) is 12.0 Å². The number of alkyl halides is 3. The summed E-state index contributed by atoms with van der Waals surface area (Å²) in [7, 11) is 0. The number of amides is 1. The Morgan fingerprint density at radius 3 is 2.35 bits per heavy atom. The van der Waals surface area contributed by atoms with E-state index in [1.54, 1.807) is 0 Å². The summed E-state index contributed by atoms with van der Waals surface area (Å²) >= 11 is 0. The first-order valence-corrected chi connectivity index (χ1v) is 11.2. The van der Waals surface area contributed by atoms with Gasteiger partial charge in [0, 0.05) is 12.1 Å². The van der Waals surface area contributed by atoms with Gasteiger partial charge in [-0.3, -0.25) is 14.5 Å². The predicted molar refractivity (Wildman–Crippen MR) is 122 cm³/mol. The quantitative estimate of drug-likeness (QED) is 0.456. The summed E-state index contributed by atoms with van der Waals surface area (Å²) in [6.45, 7) is 0. The van der Waals surface area contributed by atoms with Crippen LogP contribution >= 0.6 is 0 Å². The normalized spacial score (nSPS) is 15.1. The van der Waals surface area contributed by atoms with Gasteiger partial charge >= 0.3 is 12.1 Å². The highest BCUT2D eigenvalue weighted by Gasteiger charge is 2.35. The number of carbonyl (C=O) groups is 2. The van der Waals surface area contributed by atoms with Crippen LogP contribution in [0.2, 0.25) is 0 Å². The number of Topliss-reactive ketones (excluding diaryl/α,β-unsaturated/α-hetero) is 1. The number of nitriles is 1. The van der Waals surface area contributed by atoms with Gasteiger partial charge in [0.15, 0.2) is 5.78 Å². The molecule has 0 N–H and O–H groups in total. The van der Waals surface area contributed by atoms with Crippen LogP contribution < -0.4 is 4.90 Å². The highest BCUT2D eigenvalue weighted by Crippen LogP contribution is 2.36. The second kappa shape index (κ2) is 11.0. The minimum atomic E-state index is -4.63. The lowest BCUT2D eigenvalue weighted by Gasteiger charge is -2.31. The number of ketones is 1. The third-order valence-electron chi connectivity index (χ3n) is 6.24. The zero-order valence-electron chi connectivity index (χ0n) is 18.6. The molecule has 0 heterocycles. The fourth-order valence-corrected chi connectivity index (χ4v) is 4.46. The molecule has 2 aromatic carbocycles. The predicted octanol–water partition coefficient (Wildman–Crippen LogP) is 6.21. The molecule has 3 rings (SSSR count). The minimum absolute atomic E-state index is 0.113. The van der Waals surface area contributed by atoms with Gasteiger partial charge in [0.1, 0.15) is 6.04 Å². The molecule has 0 aromatic heterocycles. The number of terminal acetylenes is 1. The second-order valence-electron chi connectivity index (χ2n) is 8.51. The van der Waals surface area contributed by atoms with Gasteiger partial charge in [-0.05, 0) is 54.2 Å². The molecule has 7 heteroatoms. The molecular formula is C27H25F3N2O2. The van der Waals surface area contributed by atoms with Crippen LogP contribution in [-0.2, 0) is 15.8 Å². The van der Waals surface area contributed by atoms with E-state index < -0.39 is 23.7 Å². The SMILES string of the molecule is C#CC(=O)N(c1cccc(C(F)(F)F)c1)C(C(=O)CCC1CCCCC1)c1ccc(C#N)cc1. The smallest absolute Gasteiger partial charge is 0.297 e. The van der Waals surface area contributed by atoms with Crippen LogP contribution in [0.25, 0.3) is 0 Å². The Morgan fingerprint density at radius 1 is 1.09 bits per heavy atom. The van der Waals surface area contributed by atoms with Gasteiger partial charge < -0.3 is 0 Å². The molecule has 4 nitrogen and oxygen atoms in total. The first-order chi connectivity index (χ1) is 16.2.